The Bertz CT molecular complexity index is 529. The van der Waals surface area contributed by atoms with Crippen LogP contribution in [0.1, 0.15) is 16.1 Å². The van der Waals surface area contributed by atoms with Gasteiger partial charge in [-0.15, -0.1) is 0 Å². The Labute approximate surface area is 105 Å². The van der Waals surface area contributed by atoms with Gasteiger partial charge in [-0.1, -0.05) is 15.9 Å². The molecule has 0 saturated heterocycles. The number of benzene rings is 1. The monoisotopic (exact) mass is 298 g/mol. The molecule has 0 atom stereocenters. The van der Waals surface area contributed by atoms with Crippen molar-refractivity contribution in [3.05, 3.63) is 45.9 Å². The summed E-state index contributed by atoms with van der Waals surface area (Å²) in [5.74, 6) is -0.772. The number of halogens is 2. The van der Waals surface area contributed by atoms with Crippen molar-refractivity contribution >= 4 is 21.8 Å². The van der Waals surface area contributed by atoms with E-state index in [2.05, 4.69) is 36.7 Å². The molecule has 0 unspecified atom stereocenters. The molecule has 0 spiro atoms. The zero-order valence-corrected chi connectivity index (χ0v) is 10.2. The molecule has 7 heteroatoms. The highest BCUT2D eigenvalue weighted by molar-refractivity contribution is 9.10. The van der Waals surface area contributed by atoms with E-state index in [0.717, 1.165) is 4.47 Å². The summed E-state index contributed by atoms with van der Waals surface area (Å²) in [6.45, 7) is 0.0942. The second kappa shape index (κ2) is 5.05. The van der Waals surface area contributed by atoms with Crippen molar-refractivity contribution in [1.82, 2.24) is 20.7 Å². The number of hydrogen-bond acceptors (Lipinski definition) is 3. The minimum Gasteiger partial charge on any atom is -0.346 e. The summed E-state index contributed by atoms with van der Waals surface area (Å²) in [4.78, 5) is 11.5. The van der Waals surface area contributed by atoms with Crippen LogP contribution in [-0.4, -0.2) is 21.3 Å². The number of carbonyl (C=O) groups is 1. The van der Waals surface area contributed by atoms with Gasteiger partial charge in [0.1, 0.15) is 5.82 Å². The third kappa shape index (κ3) is 2.88. The summed E-state index contributed by atoms with van der Waals surface area (Å²) >= 11 is 3.24. The molecule has 2 N–H and O–H groups in total. The van der Waals surface area contributed by atoms with E-state index in [9.17, 15) is 9.18 Å². The summed E-state index contributed by atoms with van der Waals surface area (Å²) < 4.78 is 14.1. The van der Waals surface area contributed by atoms with E-state index in [0.29, 0.717) is 5.56 Å². The van der Waals surface area contributed by atoms with Crippen LogP contribution < -0.4 is 5.32 Å². The van der Waals surface area contributed by atoms with Gasteiger partial charge in [0.2, 0.25) is 0 Å². The van der Waals surface area contributed by atoms with Crippen LogP contribution >= 0.6 is 15.9 Å². The Balaban J connectivity index is 2.03. The molecule has 0 fully saturated rings. The van der Waals surface area contributed by atoms with Crippen LogP contribution in [0, 0.1) is 5.82 Å². The molecule has 17 heavy (non-hydrogen) atoms. The van der Waals surface area contributed by atoms with E-state index < -0.39 is 5.91 Å². The van der Waals surface area contributed by atoms with Gasteiger partial charge in [0.25, 0.3) is 5.91 Å². The normalized spacial score (nSPS) is 10.2. The third-order valence-corrected chi connectivity index (χ3v) is 2.59. The van der Waals surface area contributed by atoms with E-state index >= 15 is 0 Å². The molecule has 88 valence electrons. The third-order valence-electron chi connectivity index (χ3n) is 2.09. The predicted octanol–water partition coefficient (Wildman–Crippen LogP) is 1.64. The fraction of sp³-hybridized carbons (Fsp3) is 0.100. The highest BCUT2D eigenvalue weighted by Gasteiger charge is 2.09. The molecule has 5 nitrogen and oxygen atoms in total. The lowest BCUT2D eigenvalue weighted by molar-refractivity contribution is 0.0945. The molecule has 1 aromatic carbocycles. The second-order valence-electron chi connectivity index (χ2n) is 3.27. The van der Waals surface area contributed by atoms with Crippen LogP contribution in [0.4, 0.5) is 4.39 Å². The molecule has 1 amide bonds. The van der Waals surface area contributed by atoms with Crippen molar-refractivity contribution in [2.45, 2.75) is 6.54 Å². The smallest absolute Gasteiger partial charge is 0.273 e. The van der Waals surface area contributed by atoms with Gasteiger partial charge >= 0.3 is 0 Å². The maximum absolute atomic E-state index is 13.4. The highest BCUT2D eigenvalue weighted by atomic mass is 79.9. The Kier molecular flexibility index (Phi) is 3.48. The van der Waals surface area contributed by atoms with E-state index in [1.165, 1.54) is 12.3 Å². The van der Waals surface area contributed by atoms with Crippen LogP contribution in [0.15, 0.2) is 28.9 Å². The Morgan fingerprint density at radius 2 is 2.35 bits per heavy atom. The van der Waals surface area contributed by atoms with Crippen molar-refractivity contribution < 1.29 is 9.18 Å². The van der Waals surface area contributed by atoms with E-state index in [4.69, 9.17) is 0 Å². The van der Waals surface area contributed by atoms with Crippen molar-refractivity contribution in [2.24, 2.45) is 0 Å². The van der Waals surface area contributed by atoms with Gasteiger partial charge in [-0.25, -0.2) is 4.39 Å². The molecule has 0 radical (unpaired) electrons. The molecule has 0 bridgehead atoms. The first-order chi connectivity index (χ1) is 8.16. The minimum atomic E-state index is -0.405. The number of hydrogen-bond donors (Lipinski definition) is 2. The van der Waals surface area contributed by atoms with Crippen molar-refractivity contribution in [1.29, 1.82) is 0 Å². The SMILES string of the molecule is O=C(NCc1cc(Br)ccc1F)c1cn[nH]n1. The van der Waals surface area contributed by atoms with Gasteiger partial charge in [-0.05, 0) is 18.2 Å². The van der Waals surface area contributed by atoms with Gasteiger partial charge in [0.15, 0.2) is 5.69 Å². The van der Waals surface area contributed by atoms with Crippen molar-refractivity contribution in [3.8, 4) is 0 Å². The van der Waals surface area contributed by atoms with E-state index in [-0.39, 0.29) is 18.1 Å². The number of H-pyrrole nitrogens is 1. The topological polar surface area (TPSA) is 70.7 Å². The van der Waals surface area contributed by atoms with Gasteiger partial charge in [-0.2, -0.15) is 15.4 Å². The number of rotatable bonds is 3. The van der Waals surface area contributed by atoms with Crippen LogP contribution in [0.2, 0.25) is 0 Å². The average molecular weight is 299 g/mol. The molecule has 0 aliphatic heterocycles. The quantitative estimate of drug-likeness (QED) is 0.905. The summed E-state index contributed by atoms with van der Waals surface area (Å²) in [6, 6.07) is 4.54. The molecular weight excluding hydrogens is 291 g/mol. The first kappa shape index (κ1) is 11.7. The standard InChI is InChI=1S/C10H8BrFN4O/c11-7-1-2-8(12)6(3-7)4-13-10(17)9-5-14-16-15-9/h1-3,5H,4H2,(H,13,17)(H,14,15,16). The Hall–Kier alpha value is -1.76. The summed E-state index contributed by atoms with van der Waals surface area (Å²) in [5.41, 5.74) is 0.566. The average Bonchev–Trinajstić information content (AvgIpc) is 2.83. The van der Waals surface area contributed by atoms with Gasteiger partial charge in [-0.3, -0.25) is 4.79 Å². The number of amides is 1. The summed E-state index contributed by atoms with van der Waals surface area (Å²) in [5, 5.41) is 12.0. The molecule has 2 rings (SSSR count). The maximum atomic E-state index is 13.4. The maximum Gasteiger partial charge on any atom is 0.273 e. The Morgan fingerprint density at radius 3 is 3.06 bits per heavy atom. The number of aromatic amines is 1. The number of aromatic nitrogens is 3. The fourth-order valence-corrected chi connectivity index (χ4v) is 1.66. The number of nitrogens with one attached hydrogen (secondary N) is 2. The first-order valence-corrected chi connectivity index (χ1v) is 5.54. The predicted molar refractivity (Wildman–Crippen MR) is 61.7 cm³/mol. The second-order valence-corrected chi connectivity index (χ2v) is 4.19. The molecule has 2 aromatic rings. The lowest BCUT2D eigenvalue weighted by atomic mass is 10.2. The first-order valence-electron chi connectivity index (χ1n) is 4.74. The Morgan fingerprint density at radius 1 is 1.53 bits per heavy atom. The lowest BCUT2D eigenvalue weighted by Crippen LogP contribution is -2.23. The number of nitrogens with zero attached hydrogens (tertiary/aromatic N) is 2. The van der Waals surface area contributed by atoms with Gasteiger partial charge in [0, 0.05) is 16.6 Å². The van der Waals surface area contributed by atoms with E-state index in [1.807, 2.05) is 0 Å². The van der Waals surface area contributed by atoms with Gasteiger partial charge in [0.05, 0.1) is 6.20 Å². The van der Waals surface area contributed by atoms with Gasteiger partial charge < -0.3 is 5.32 Å². The molecule has 0 aliphatic carbocycles. The van der Waals surface area contributed by atoms with Crippen LogP contribution in [0.3, 0.4) is 0 Å². The van der Waals surface area contributed by atoms with Crippen LogP contribution in [-0.2, 0) is 6.54 Å². The lowest BCUT2D eigenvalue weighted by Gasteiger charge is -2.05. The van der Waals surface area contributed by atoms with E-state index in [1.54, 1.807) is 12.1 Å². The molecular formula is C10H8BrFN4O. The molecule has 1 aromatic heterocycles. The summed E-state index contributed by atoms with van der Waals surface area (Å²) in [6.07, 6.45) is 1.30. The van der Waals surface area contributed by atoms with Crippen molar-refractivity contribution in [3.63, 3.8) is 0 Å². The molecule has 1 heterocycles. The molecule has 0 saturated carbocycles. The zero-order chi connectivity index (χ0) is 12.3. The zero-order valence-electron chi connectivity index (χ0n) is 8.58. The summed E-state index contributed by atoms with van der Waals surface area (Å²) in [7, 11) is 0. The fourth-order valence-electron chi connectivity index (χ4n) is 1.26. The molecule has 0 aliphatic rings. The number of carbonyl (C=O) groups excluding carboxylic acids is 1. The minimum absolute atomic E-state index is 0.0942. The highest BCUT2D eigenvalue weighted by Crippen LogP contribution is 2.15. The van der Waals surface area contributed by atoms with Crippen LogP contribution in [0.25, 0.3) is 0 Å². The largest absolute Gasteiger partial charge is 0.346 e. The van der Waals surface area contributed by atoms with Crippen molar-refractivity contribution in [2.75, 3.05) is 0 Å². The van der Waals surface area contributed by atoms with Crippen LogP contribution in [0.5, 0.6) is 0 Å².